The van der Waals surface area contributed by atoms with Crippen molar-refractivity contribution in [3.63, 3.8) is 0 Å². The number of carbonyl (C=O) groups excluding carboxylic acids is 6. The third-order valence-electron chi connectivity index (χ3n) is 8.22. The van der Waals surface area contributed by atoms with Gasteiger partial charge in [-0.1, -0.05) is 72.6 Å². The van der Waals surface area contributed by atoms with Gasteiger partial charge >= 0.3 is 23.4 Å². The van der Waals surface area contributed by atoms with Crippen LogP contribution in [0.15, 0.2) is 58.8 Å². The van der Waals surface area contributed by atoms with Crippen LogP contribution in [-0.2, 0) is 51.5 Å². The Hall–Kier alpha value is -7.00. The fourth-order valence-electron chi connectivity index (χ4n) is 5.46. The van der Waals surface area contributed by atoms with Crippen LogP contribution in [0.5, 0.6) is 0 Å². The predicted octanol–water partition coefficient (Wildman–Crippen LogP) is 2.87. The first-order valence-corrected chi connectivity index (χ1v) is 16.2. The molecule has 0 saturated carbocycles. The molecule has 2 heterocycles. The number of nitrogens with one attached hydrogen (secondary N) is 2. The van der Waals surface area contributed by atoms with Gasteiger partial charge in [0.1, 0.15) is 13.2 Å². The lowest BCUT2D eigenvalue weighted by Crippen LogP contribution is -2.62. The van der Waals surface area contributed by atoms with Crippen LogP contribution in [0.2, 0.25) is 0 Å². The zero-order chi connectivity index (χ0) is 39.9. The number of hydrogen-bond acceptors (Lipinski definition) is 11. The van der Waals surface area contributed by atoms with E-state index in [1.807, 2.05) is 13.8 Å². The van der Waals surface area contributed by atoms with Crippen LogP contribution in [0.3, 0.4) is 0 Å². The average Bonchev–Trinajstić information content (AvgIpc) is 3.11. The second-order valence-electron chi connectivity index (χ2n) is 12.3. The Morgan fingerprint density at radius 1 is 0.685 bits per heavy atom. The number of nitrogens with zero attached hydrogens (tertiary/aromatic N) is 10. The van der Waals surface area contributed by atoms with Gasteiger partial charge in [-0.2, -0.15) is 9.58 Å². The molecule has 2 amide bonds. The number of hydrogen-bond donors (Lipinski definition) is 3. The SMILES string of the molecule is CC(C)[C@H]1C(=O)N[C@@H]1CC(=O)C(=[N+]=[N-])C(=O)OCc1ccc(N=[N+]=[N-])cc1.C[C@@H](O)[C@H]1C(=O)N[C@@H]1CC(=O)C(=[N+]=[N-])C(=O)OCc1ccc(N=[N+]=[N-])cc1. The summed E-state index contributed by atoms with van der Waals surface area (Å²) in [6, 6.07) is 11.4. The smallest absolute Gasteiger partial charge is 0.441 e. The molecule has 0 radical (unpaired) electrons. The molecule has 2 aliphatic heterocycles. The van der Waals surface area contributed by atoms with Gasteiger partial charge in [0.25, 0.3) is 11.6 Å². The second-order valence-corrected chi connectivity index (χ2v) is 12.3. The van der Waals surface area contributed by atoms with Gasteiger partial charge in [0.2, 0.25) is 11.8 Å². The molecule has 280 valence electrons. The highest BCUT2D eigenvalue weighted by Gasteiger charge is 2.46. The van der Waals surface area contributed by atoms with Crippen molar-refractivity contribution in [3.05, 3.63) is 91.6 Å². The molecule has 0 aliphatic carbocycles. The van der Waals surface area contributed by atoms with Gasteiger partial charge in [-0.25, -0.2) is 9.59 Å². The van der Waals surface area contributed by atoms with Crippen molar-refractivity contribution in [2.45, 2.75) is 65.0 Å². The number of ether oxygens (including phenoxy) is 2. The van der Waals surface area contributed by atoms with E-state index in [-0.39, 0.29) is 43.8 Å². The molecule has 2 saturated heterocycles. The molecule has 21 nitrogen and oxygen atoms in total. The van der Waals surface area contributed by atoms with Crippen LogP contribution < -0.4 is 10.6 Å². The minimum atomic E-state index is -1.12. The Kier molecular flexibility index (Phi) is 15.0. The van der Waals surface area contributed by atoms with E-state index in [0.717, 1.165) is 0 Å². The number of aliphatic hydroxyl groups is 1. The van der Waals surface area contributed by atoms with Gasteiger partial charge < -0.3 is 36.3 Å². The Bertz CT molecular complexity index is 1850. The van der Waals surface area contributed by atoms with E-state index in [4.69, 9.17) is 31.6 Å². The molecule has 2 aromatic carbocycles. The number of benzene rings is 2. The van der Waals surface area contributed by atoms with Crippen molar-refractivity contribution >= 4 is 58.1 Å². The number of esters is 2. The van der Waals surface area contributed by atoms with Crippen LogP contribution in [0, 0.1) is 17.8 Å². The predicted molar refractivity (Wildman–Crippen MR) is 184 cm³/mol. The Morgan fingerprint density at radius 2 is 1.06 bits per heavy atom. The number of amides is 2. The summed E-state index contributed by atoms with van der Waals surface area (Å²) < 4.78 is 9.93. The standard InChI is InChI=1S/C17H18N6O4.C16H16N6O5/c1-9(2)14-12(20-16(14)25)7-13(24)15(21-18)17(26)27-8-10-3-5-11(6-4-10)22-23-19;1-8(23)13-11(19-15(13)25)6-12(24)14(20-17)16(26)27-7-9-2-4-10(5-3-9)21-22-18/h3-6,9,12,14H,7-8H2,1-2H3,(H,20,25);2-5,8,11,13,23H,6-7H2,1H3,(H,19,25)/t12-,14-;8-,11-,13-/m11/s1. The van der Waals surface area contributed by atoms with E-state index in [9.17, 15) is 33.9 Å². The third-order valence-corrected chi connectivity index (χ3v) is 8.22. The Morgan fingerprint density at radius 3 is 1.35 bits per heavy atom. The summed E-state index contributed by atoms with van der Waals surface area (Å²) in [6.45, 7) is 4.80. The van der Waals surface area contributed by atoms with Crippen LogP contribution in [0.25, 0.3) is 31.9 Å². The highest BCUT2D eigenvalue weighted by Crippen LogP contribution is 2.26. The summed E-state index contributed by atoms with van der Waals surface area (Å²) in [4.78, 5) is 82.1. The van der Waals surface area contributed by atoms with Gasteiger partial charge in [0.15, 0.2) is 0 Å². The molecule has 0 aromatic heterocycles. The lowest BCUT2D eigenvalue weighted by molar-refractivity contribution is -0.145. The average molecular weight is 743 g/mol. The molecule has 4 rings (SSSR count). The van der Waals surface area contributed by atoms with Crippen molar-refractivity contribution in [3.8, 4) is 0 Å². The van der Waals surface area contributed by atoms with E-state index >= 15 is 0 Å². The first kappa shape index (κ1) is 41.4. The molecule has 0 spiro atoms. The number of azide groups is 2. The van der Waals surface area contributed by atoms with Crippen LogP contribution in [0.1, 0.15) is 44.7 Å². The number of aliphatic hydroxyl groups excluding tert-OH is 1. The van der Waals surface area contributed by atoms with Gasteiger partial charge in [0, 0.05) is 40.1 Å². The zero-order valence-corrected chi connectivity index (χ0v) is 29.1. The van der Waals surface area contributed by atoms with Crippen molar-refractivity contribution in [2.24, 2.45) is 28.0 Å². The maximum absolute atomic E-state index is 12.2. The molecule has 5 atom stereocenters. The largest absolute Gasteiger partial charge is 0.452 e. The molecule has 21 heteroatoms. The number of β-lactam (4-membered cyclic amide) rings is 2. The summed E-state index contributed by atoms with van der Waals surface area (Å²) in [5.41, 5.74) is 35.1. The summed E-state index contributed by atoms with van der Waals surface area (Å²) in [6.07, 6.45) is -1.41. The normalized spacial score (nSPS) is 18.3. The lowest BCUT2D eigenvalue weighted by atomic mass is 9.78. The molecule has 0 bridgehead atoms. The summed E-state index contributed by atoms with van der Waals surface area (Å²) in [7, 11) is 0. The van der Waals surface area contributed by atoms with Crippen LogP contribution in [0.4, 0.5) is 11.4 Å². The molecule has 2 fully saturated rings. The molecular weight excluding hydrogens is 708 g/mol. The van der Waals surface area contributed by atoms with E-state index in [2.05, 4.69) is 40.3 Å². The Labute approximate surface area is 306 Å². The van der Waals surface area contributed by atoms with E-state index in [1.165, 1.54) is 19.1 Å². The first-order chi connectivity index (χ1) is 25.7. The van der Waals surface area contributed by atoms with Gasteiger partial charge in [0.05, 0.1) is 24.0 Å². The second kappa shape index (κ2) is 19.6. The number of rotatable bonds is 16. The fraction of sp³-hybridized carbons (Fsp3) is 0.394. The quantitative estimate of drug-likeness (QED) is 0.0432. The zero-order valence-electron chi connectivity index (χ0n) is 29.1. The minimum absolute atomic E-state index is 0.0476. The highest BCUT2D eigenvalue weighted by molar-refractivity contribution is 6.63. The lowest BCUT2D eigenvalue weighted by Gasteiger charge is -2.38. The Balaban J connectivity index is 0.000000290. The summed E-state index contributed by atoms with van der Waals surface area (Å²) in [5, 5.41) is 21.4. The van der Waals surface area contributed by atoms with Gasteiger partial charge in [-0.3, -0.25) is 19.2 Å². The van der Waals surface area contributed by atoms with Crippen LogP contribution >= 0.6 is 0 Å². The van der Waals surface area contributed by atoms with Gasteiger partial charge in [-0.05, 0) is 35.0 Å². The van der Waals surface area contributed by atoms with Crippen molar-refractivity contribution in [2.75, 3.05) is 0 Å². The number of carbonyl (C=O) groups is 6. The minimum Gasteiger partial charge on any atom is -0.452 e. The summed E-state index contributed by atoms with van der Waals surface area (Å²) in [5.74, 6) is -5.29. The first-order valence-electron chi connectivity index (χ1n) is 16.2. The van der Waals surface area contributed by atoms with Crippen molar-refractivity contribution in [1.82, 2.24) is 10.6 Å². The monoisotopic (exact) mass is 742 g/mol. The topological polar surface area (TPSA) is 335 Å². The van der Waals surface area contributed by atoms with Crippen molar-refractivity contribution in [1.29, 1.82) is 0 Å². The molecule has 0 unspecified atom stereocenters. The van der Waals surface area contributed by atoms with E-state index < -0.39 is 64.9 Å². The fourth-order valence-corrected chi connectivity index (χ4v) is 5.46. The number of Topliss-reactive ketones (excluding diaryl/α,β-unsaturated/α-hetero) is 2. The molecular formula is C33H34N12O9. The molecule has 2 aliphatic rings. The molecule has 54 heavy (non-hydrogen) atoms. The van der Waals surface area contributed by atoms with Crippen molar-refractivity contribution < 1.29 is 52.9 Å². The van der Waals surface area contributed by atoms with Crippen LogP contribution in [-0.4, -0.2) is 79.6 Å². The maximum atomic E-state index is 12.2. The number of ketones is 2. The molecule has 3 N–H and O–H groups in total. The van der Waals surface area contributed by atoms with E-state index in [1.54, 1.807) is 36.4 Å². The highest BCUT2D eigenvalue weighted by atomic mass is 16.5. The third kappa shape index (κ3) is 11.0. The van der Waals surface area contributed by atoms with E-state index in [0.29, 0.717) is 22.5 Å². The molecule has 2 aromatic rings. The maximum Gasteiger partial charge on any atom is 0.441 e. The summed E-state index contributed by atoms with van der Waals surface area (Å²) >= 11 is 0. The van der Waals surface area contributed by atoms with Gasteiger partial charge in [-0.15, -0.1) is 0 Å².